The van der Waals surface area contributed by atoms with Crippen molar-refractivity contribution in [2.45, 2.75) is 58.3 Å². The number of carbonyl (C=O) groups excluding carboxylic acids is 1. The molecule has 1 N–H and O–H groups in total. The summed E-state index contributed by atoms with van der Waals surface area (Å²) in [6.45, 7) is 6.76. The second kappa shape index (κ2) is 8.42. The van der Waals surface area contributed by atoms with E-state index >= 15 is 0 Å². The van der Waals surface area contributed by atoms with Crippen LogP contribution >= 0.6 is 0 Å². The topological polar surface area (TPSA) is 66.5 Å². The van der Waals surface area contributed by atoms with E-state index in [4.69, 9.17) is 0 Å². The van der Waals surface area contributed by atoms with Gasteiger partial charge in [0.2, 0.25) is 15.9 Å². The normalized spacial score (nSPS) is 16.3. The second-order valence-corrected chi connectivity index (χ2v) is 10.1. The molecule has 1 aromatic rings. The van der Waals surface area contributed by atoms with E-state index in [1.54, 1.807) is 0 Å². The molecular formula is C20H32N2O3S. The molecule has 0 saturated heterocycles. The van der Waals surface area contributed by atoms with Crippen LogP contribution in [0.3, 0.4) is 0 Å². The highest BCUT2D eigenvalue weighted by Gasteiger charge is 2.26. The molecule has 1 amide bonds. The SMILES string of the molecule is CC(C)(C)c1ccccc1N(CCNC(=O)C1CCCCC1)S(C)(=O)=O. The van der Waals surface area contributed by atoms with Gasteiger partial charge in [0.1, 0.15) is 0 Å². The van der Waals surface area contributed by atoms with Gasteiger partial charge in [0.25, 0.3) is 0 Å². The molecular weight excluding hydrogens is 348 g/mol. The molecule has 1 fully saturated rings. The van der Waals surface area contributed by atoms with Crippen LogP contribution < -0.4 is 9.62 Å². The van der Waals surface area contributed by atoms with Gasteiger partial charge in [-0.3, -0.25) is 9.10 Å². The molecule has 146 valence electrons. The largest absolute Gasteiger partial charge is 0.354 e. The van der Waals surface area contributed by atoms with Crippen LogP contribution in [-0.4, -0.2) is 33.7 Å². The lowest BCUT2D eigenvalue weighted by atomic mass is 9.86. The Morgan fingerprint density at radius 3 is 2.35 bits per heavy atom. The van der Waals surface area contributed by atoms with Gasteiger partial charge in [0.05, 0.1) is 18.5 Å². The van der Waals surface area contributed by atoms with Crippen molar-refractivity contribution in [3.63, 3.8) is 0 Å². The highest BCUT2D eigenvalue weighted by Crippen LogP contribution is 2.32. The van der Waals surface area contributed by atoms with E-state index in [9.17, 15) is 13.2 Å². The van der Waals surface area contributed by atoms with E-state index in [2.05, 4.69) is 26.1 Å². The van der Waals surface area contributed by atoms with Crippen molar-refractivity contribution in [2.75, 3.05) is 23.7 Å². The minimum Gasteiger partial charge on any atom is -0.354 e. The van der Waals surface area contributed by atoms with Crippen molar-refractivity contribution in [3.8, 4) is 0 Å². The minimum atomic E-state index is -3.44. The number of nitrogens with zero attached hydrogens (tertiary/aromatic N) is 1. The van der Waals surface area contributed by atoms with Crippen LogP contribution in [0.25, 0.3) is 0 Å². The number of anilines is 1. The van der Waals surface area contributed by atoms with Crippen molar-refractivity contribution >= 4 is 21.6 Å². The Labute approximate surface area is 158 Å². The maximum Gasteiger partial charge on any atom is 0.232 e. The third-order valence-corrected chi connectivity index (χ3v) is 6.15. The first-order valence-corrected chi connectivity index (χ1v) is 11.3. The summed E-state index contributed by atoms with van der Waals surface area (Å²) in [6, 6.07) is 7.58. The van der Waals surface area contributed by atoms with E-state index in [0.29, 0.717) is 12.2 Å². The quantitative estimate of drug-likeness (QED) is 0.822. The van der Waals surface area contributed by atoms with Gasteiger partial charge in [-0.1, -0.05) is 58.2 Å². The maximum absolute atomic E-state index is 12.4. The number of rotatable bonds is 6. The van der Waals surface area contributed by atoms with Gasteiger partial charge in [-0.15, -0.1) is 0 Å². The summed E-state index contributed by atoms with van der Waals surface area (Å²) in [5.41, 5.74) is 1.49. The predicted molar refractivity (Wildman–Crippen MR) is 107 cm³/mol. The monoisotopic (exact) mass is 380 g/mol. The molecule has 0 aromatic heterocycles. The lowest BCUT2D eigenvalue weighted by Gasteiger charge is -2.30. The number of sulfonamides is 1. The fraction of sp³-hybridized carbons (Fsp3) is 0.650. The molecule has 0 atom stereocenters. The predicted octanol–water partition coefficient (Wildman–Crippen LogP) is 3.45. The first kappa shape index (κ1) is 20.7. The standard InChI is InChI=1S/C20H32N2O3S/c1-20(2,3)17-12-8-9-13-18(17)22(26(4,24)25)15-14-21-19(23)16-10-6-5-7-11-16/h8-9,12-13,16H,5-7,10-11,14-15H2,1-4H3,(H,21,23). The van der Waals surface area contributed by atoms with Crippen molar-refractivity contribution < 1.29 is 13.2 Å². The van der Waals surface area contributed by atoms with E-state index in [1.807, 2.05) is 24.3 Å². The zero-order chi connectivity index (χ0) is 19.4. The van der Waals surface area contributed by atoms with Gasteiger partial charge in [-0.25, -0.2) is 8.42 Å². The molecule has 26 heavy (non-hydrogen) atoms. The lowest BCUT2D eigenvalue weighted by molar-refractivity contribution is -0.125. The Bertz CT molecular complexity index is 717. The molecule has 0 bridgehead atoms. The Morgan fingerprint density at radius 1 is 1.15 bits per heavy atom. The number of para-hydroxylation sites is 1. The fourth-order valence-electron chi connectivity index (χ4n) is 3.58. The van der Waals surface area contributed by atoms with Crippen LogP contribution in [0, 0.1) is 5.92 Å². The number of nitrogens with one attached hydrogen (secondary N) is 1. The van der Waals surface area contributed by atoms with E-state index in [-0.39, 0.29) is 23.8 Å². The number of hydrogen-bond acceptors (Lipinski definition) is 3. The summed E-state index contributed by atoms with van der Waals surface area (Å²) in [4.78, 5) is 12.3. The first-order valence-electron chi connectivity index (χ1n) is 9.45. The lowest BCUT2D eigenvalue weighted by Crippen LogP contribution is -2.41. The molecule has 0 spiro atoms. The van der Waals surface area contributed by atoms with Crippen molar-refractivity contribution in [1.82, 2.24) is 5.32 Å². The molecule has 1 aliphatic rings. The van der Waals surface area contributed by atoms with Crippen LogP contribution in [0.2, 0.25) is 0 Å². The number of hydrogen-bond donors (Lipinski definition) is 1. The van der Waals surface area contributed by atoms with E-state index in [1.165, 1.54) is 17.0 Å². The van der Waals surface area contributed by atoms with Crippen LogP contribution in [0.15, 0.2) is 24.3 Å². The highest BCUT2D eigenvalue weighted by molar-refractivity contribution is 7.92. The molecule has 6 heteroatoms. The average Bonchev–Trinajstić information content (AvgIpc) is 2.57. The number of carbonyl (C=O) groups is 1. The van der Waals surface area contributed by atoms with Crippen LogP contribution in [0.4, 0.5) is 5.69 Å². The first-order chi connectivity index (χ1) is 12.1. The van der Waals surface area contributed by atoms with Crippen molar-refractivity contribution in [3.05, 3.63) is 29.8 Å². The molecule has 0 heterocycles. The van der Waals surface area contributed by atoms with Gasteiger partial charge < -0.3 is 5.32 Å². The van der Waals surface area contributed by atoms with E-state index in [0.717, 1.165) is 31.2 Å². The van der Waals surface area contributed by atoms with E-state index < -0.39 is 10.0 Å². The van der Waals surface area contributed by atoms with Gasteiger partial charge >= 0.3 is 0 Å². The van der Waals surface area contributed by atoms with Gasteiger partial charge in [0.15, 0.2) is 0 Å². The molecule has 1 aliphatic carbocycles. The summed E-state index contributed by atoms with van der Waals surface area (Å²) >= 11 is 0. The average molecular weight is 381 g/mol. The Kier molecular flexibility index (Phi) is 6.72. The van der Waals surface area contributed by atoms with Gasteiger partial charge in [0, 0.05) is 12.5 Å². The van der Waals surface area contributed by atoms with Crippen molar-refractivity contribution in [1.29, 1.82) is 0 Å². The Morgan fingerprint density at radius 2 is 1.77 bits per heavy atom. The van der Waals surface area contributed by atoms with Gasteiger partial charge in [-0.05, 0) is 29.9 Å². The maximum atomic E-state index is 12.4. The Balaban J connectivity index is 2.11. The summed E-state index contributed by atoms with van der Waals surface area (Å²) in [5.74, 6) is 0.138. The molecule has 0 aliphatic heterocycles. The smallest absolute Gasteiger partial charge is 0.232 e. The second-order valence-electron chi connectivity index (χ2n) is 8.23. The summed E-state index contributed by atoms with van der Waals surface area (Å²) in [7, 11) is -3.44. The number of benzene rings is 1. The zero-order valence-electron chi connectivity index (χ0n) is 16.4. The third kappa shape index (κ3) is 5.47. The third-order valence-electron chi connectivity index (χ3n) is 4.97. The van der Waals surface area contributed by atoms with Crippen LogP contribution in [0.5, 0.6) is 0 Å². The molecule has 2 rings (SSSR count). The molecule has 0 radical (unpaired) electrons. The summed E-state index contributed by atoms with van der Waals surface area (Å²) < 4.78 is 26.2. The summed E-state index contributed by atoms with van der Waals surface area (Å²) in [6.07, 6.45) is 6.51. The van der Waals surface area contributed by atoms with Crippen LogP contribution in [-0.2, 0) is 20.2 Å². The fourth-order valence-corrected chi connectivity index (χ4v) is 4.52. The number of amides is 1. The van der Waals surface area contributed by atoms with Crippen molar-refractivity contribution in [2.24, 2.45) is 5.92 Å². The highest BCUT2D eigenvalue weighted by atomic mass is 32.2. The molecule has 1 aromatic carbocycles. The molecule has 0 unspecified atom stereocenters. The molecule has 5 nitrogen and oxygen atoms in total. The van der Waals surface area contributed by atoms with Crippen LogP contribution in [0.1, 0.15) is 58.4 Å². The van der Waals surface area contributed by atoms with Gasteiger partial charge in [-0.2, -0.15) is 0 Å². The molecule has 1 saturated carbocycles. The Hall–Kier alpha value is -1.56. The summed E-state index contributed by atoms with van der Waals surface area (Å²) in [5, 5.41) is 2.94. The zero-order valence-corrected chi connectivity index (χ0v) is 17.2. The minimum absolute atomic E-state index is 0.0576.